The van der Waals surface area contributed by atoms with Gasteiger partial charge in [0.1, 0.15) is 0 Å². The number of anilines is 1. The molecule has 0 radical (unpaired) electrons. The van der Waals surface area contributed by atoms with Gasteiger partial charge in [0.15, 0.2) is 0 Å². The third-order valence-corrected chi connectivity index (χ3v) is 3.47. The van der Waals surface area contributed by atoms with Crippen molar-refractivity contribution in [3.63, 3.8) is 0 Å². The summed E-state index contributed by atoms with van der Waals surface area (Å²) >= 11 is 0. The van der Waals surface area contributed by atoms with Gasteiger partial charge < -0.3 is 11.1 Å². The topological polar surface area (TPSA) is 72.2 Å². The predicted octanol–water partition coefficient (Wildman–Crippen LogP) is 3.19. The first-order valence-corrected chi connectivity index (χ1v) is 6.84. The van der Waals surface area contributed by atoms with Gasteiger partial charge in [-0.25, -0.2) is 0 Å². The fourth-order valence-corrected chi connectivity index (χ4v) is 2.31. The van der Waals surface area contributed by atoms with E-state index in [9.17, 15) is 9.59 Å². The van der Waals surface area contributed by atoms with E-state index in [1.54, 1.807) is 24.3 Å². The first-order chi connectivity index (χ1) is 10.6. The molecule has 3 aromatic carbocycles. The van der Waals surface area contributed by atoms with Crippen molar-refractivity contribution in [3.8, 4) is 0 Å². The summed E-state index contributed by atoms with van der Waals surface area (Å²) < 4.78 is 0. The molecule has 0 atom stereocenters. The molecule has 2 amide bonds. The van der Waals surface area contributed by atoms with E-state index in [1.165, 1.54) is 0 Å². The Balaban J connectivity index is 1.88. The van der Waals surface area contributed by atoms with Crippen LogP contribution in [0.2, 0.25) is 0 Å². The molecule has 4 nitrogen and oxygen atoms in total. The zero-order valence-corrected chi connectivity index (χ0v) is 11.7. The molecule has 0 fully saturated rings. The normalized spacial score (nSPS) is 10.4. The number of hydrogen-bond acceptors (Lipinski definition) is 2. The van der Waals surface area contributed by atoms with Crippen LogP contribution in [-0.4, -0.2) is 11.8 Å². The van der Waals surface area contributed by atoms with Gasteiger partial charge in [-0.1, -0.05) is 36.4 Å². The minimum absolute atomic E-state index is 0.229. The van der Waals surface area contributed by atoms with Crippen molar-refractivity contribution >= 4 is 28.3 Å². The molecule has 0 unspecified atom stereocenters. The van der Waals surface area contributed by atoms with Gasteiger partial charge in [0, 0.05) is 22.2 Å². The molecule has 0 saturated carbocycles. The summed E-state index contributed by atoms with van der Waals surface area (Å²) in [5.41, 5.74) is 6.79. The van der Waals surface area contributed by atoms with E-state index in [0.29, 0.717) is 11.1 Å². The Kier molecular flexibility index (Phi) is 3.58. The van der Waals surface area contributed by atoms with Crippen LogP contribution >= 0.6 is 0 Å². The van der Waals surface area contributed by atoms with Crippen LogP contribution in [0.15, 0.2) is 66.7 Å². The fourth-order valence-electron chi connectivity index (χ4n) is 2.31. The SMILES string of the molecule is NC(=O)c1ccc(C(=O)Nc2cccc3ccccc23)cc1. The Morgan fingerprint density at radius 3 is 2.14 bits per heavy atom. The lowest BCUT2D eigenvalue weighted by Crippen LogP contribution is -2.14. The number of benzene rings is 3. The summed E-state index contributed by atoms with van der Waals surface area (Å²) in [6.07, 6.45) is 0. The molecule has 0 spiro atoms. The number of rotatable bonds is 3. The minimum atomic E-state index is -0.513. The number of hydrogen-bond donors (Lipinski definition) is 2. The van der Waals surface area contributed by atoms with E-state index in [2.05, 4.69) is 5.32 Å². The van der Waals surface area contributed by atoms with Crippen LogP contribution in [0.5, 0.6) is 0 Å². The van der Waals surface area contributed by atoms with E-state index in [4.69, 9.17) is 5.73 Å². The zero-order chi connectivity index (χ0) is 15.5. The maximum Gasteiger partial charge on any atom is 0.255 e. The van der Waals surface area contributed by atoms with E-state index < -0.39 is 5.91 Å². The lowest BCUT2D eigenvalue weighted by atomic mass is 10.1. The monoisotopic (exact) mass is 290 g/mol. The van der Waals surface area contributed by atoms with Gasteiger partial charge in [0.2, 0.25) is 5.91 Å². The van der Waals surface area contributed by atoms with Crippen LogP contribution in [0.25, 0.3) is 10.8 Å². The first kappa shape index (κ1) is 13.8. The van der Waals surface area contributed by atoms with Gasteiger partial charge in [-0.3, -0.25) is 9.59 Å². The molecular weight excluding hydrogens is 276 g/mol. The van der Waals surface area contributed by atoms with Crippen LogP contribution in [0.3, 0.4) is 0 Å². The van der Waals surface area contributed by atoms with Gasteiger partial charge in [-0.15, -0.1) is 0 Å². The van der Waals surface area contributed by atoms with E-state index in [0.717, 1.165) is 16.5 Å². The molecule has 0 aliphatic heterocycles. The molecule has 0 aliphatic carbocycles. The fraction of sp³-hybridized carbons (Fsp3) is 0. The summed E-state index contributed by atoms with van der Waals surface area (Å²) in [6, 6.07) is 19.8. The van der Waals surface area contributed by atoms with Crippen molar-refractivity contribution < 1.29 is 9.59 Å². The Morgan fingerprint density at radius 2 is 1.41 bits per heavy atom. The predicted molar refractivity (Wildman–Crippen MR) is 86.9 cm³/mol. The van der Waals surface area contributed by atoms with Gasteiger partial charge in [0.05, 0.1) is 0 Å². The molecular formula is C18H14N2O2. The van der Waals surface area contributed by atoms with E-state index >= 15 is 0 Å². The van der Waals surface area contributed by atoms with Gasteiger partial charge in [0.25, 0.3) is 5.91 Å². The first-order valence-electron chi connectivity index (χ1n) is 6.84. The second-order valence-corrected chi connectivity index (χ2v) is 4.92. The molecule has 0 saturated heterocycles. The van der Waals surface area contributed by atoms with Crippen LogP contribution in [0.1, 0.15) is 20.7 Å². The van der Waals surface area contributed by atoms with E-state index in [1.807, 2.05) is 42.5 Å². The highest BCUT2D eigenvalue weighted by Crippen LogP contribution is 2.23. The second-order valence-electron chi connectivity index (χ2n) is 4.92. The highest BCUT2D eigenvalue weighted by atomic mass is 16.2. The molecule has 0 aromatic heterocycles. The van der Waals surface area contributed by atoms with Crippen molar-refractivity contribution in [2.45, 2.75) is 0 Å². The minimum Gasteiger partial charge on any atom is -0.366 e. The van der Waals surface area contributed by atoms with Gasteiger partial charge >= 0.3 is 0 Å². The molecule has 3 aromatic rings. The number of nitrogens with one attached hydrogen (secondary N) is 1. The highest BCUT2D eigenvalue weighted by Gasteiger charge is 2.09. The Bertz CT molecular complexity index is 849. The molecule has 3 rings (SSSR count). The van der Waals surface area contributed by atoms with Gasteiger partial charge in [-0.2, -0.15) is 0 Å². The molecule has 22 heavy (non-hydrogen) atoms. The summed E-state index contributed by atoms with van der Waals surface area (Å²) in [6.45, 7) is 0. The average molecular weight is 290 g/mol. The lowest BCUT2D eigenvalue weighted by molar-refractivity contribution is 0.0995. The zero-order valence-electron chi connectivity index (χ0n) is 11.7. The Morgan fingerprint density at radius 1 is 0.773 bits per heavy atom. The number of fused-ring (bicyclic) bond motifs is 1. The van der Waals surface area contributed by atoms with Crippen molar-refractivity contribution in [2.24, 2.45) is 5.73 Å². The van der Waals surface area contributed by atoms with Crippen molar-refractivity contribution in [3.05, 3.63) is 77.9 Å². The molecule has 108 valence electrons. The third-order valence-electron chi connectivity index (χ3n) is 3.47. The maximum absolute atomic E-state index is 12.3. The smallest absolute Gasteiger partial charge is 0.255 e. The lowest BCUT2D eigenvalue weighted by Gasteiger charge is -2.09. The third kappa shape index (κ3) is 2.67. The molecule has 4 heteroatoms. The molecule has 0 aliphatic rings. The second kappa shape index (κ2) is 5.69. The average Bonchev–Trinajstić information content (AvgIpc) is 2.55. The van der Waals surface area contributed by atoms with Crippen LogP contribution in [0, 0.1) is 0 Å². The number of carbonyl (C=O) groups excluding carboxylic acids is 2. The summed E-state index contributed by atoms with van der Waals surface area (Å²) in [5.74, 6) is -0.742. The number of primary amides is 1. The molecule has 0 bridgehead atoms. The van der Waals surface area contributed by atoms with Crippen molar-refractivity contribution in [1.29, 1.82) is 0 Å². The molecule has 3 N–H and O–H groups in total. The Hall–Kier alpha value is -3.14. The van der Waals surface area contributed by atoms with Gasteiger partial charge in [-0.05, 0) is 35.7 Å². The Labute approximate surface area is 127 Å². The standard InChI is InChI=1S/C18H14N2O2/c19-17(21)13-8-10-14(11-9-13)18(22)20-16-7-3-5-12-4-1-2-6-15(12)16/h1-11H,(H2,19,21)(H,20,22). The van der Waals surface area contributed by atoms with Crippen LogP contribution in [-0.2, 0) is 0 Å². The summed E-state index contributed by atoms with van der Waals surface area (Å²) in [7, 11) is 0. The summed E-state index contributed by atoms with van der Waals surface area (Å²) in [5, 5.41) is 4.93. The number of nitrogens with two attached hydrogens (primary N) is 1. The quantitative estimate of drug-likeness (QED) is 0.777. The van der Waals surface area contributed by atoms with Crippen molar-refractivity contribution in [1.82, 2.24) is 0 Å². The van der Waals surface area contributed by atoms with Crippen LogP contribution in [0.4, 0.5) is 5.69 Å². The van der Waals surface area contributed by atoms with Crippen LogP contribution < -0.4 is 11.1 Å². The number of carbonyl (C=O) groups is 2. The van der Waals surface area contributed by atoms with Crippen molar-refractivity contribution in [2.75, 3.05) is 5.32 Å². The highest BCUT2D eigenvalue weighted by molar-refractivity contribution is 6.09. The molecule has 0 heterocycles. The summed E-state index contributed by atoms with van der Waals surface area (Å²) in [4.78, 5) is 23.4. The largest absolute Gasteiger partial charge is 0.366 e. The van der Waals surface area contributed by atoms with E-state index in [-0.39, 0.29) is 5.91 Å². The maximum atomic E-state index is 12.3. The number of amides is 2.